The van der Waals surface area contributed by atoms with E-state index in [9.17, 15) is 9.59 Å². The number of imidazole rings is 1. The number of aryl methyl sites for hydroxylation is 3. The average Bonchev–Trinajstić information content (AvgIpc) is 3.10. The number of nitrogens with one attached hydrogen (secondary N) is 1. The molecular weight excluding hydrogens is 386 g/mol. The predicted octanol–water partition coefficient (Wildman–Crippen LogP) is 2.54. The van der Waals surface area contributed by atoms with Crippen LogP contribution in [0, 0.1) is 0 Å². The molecule has 4 aromatic rings. The molecule has 2 aromatic heterocycles. The maximum Gasteiger partial charge on any atom is 0.329 e. The van der Waals surface area contributed by atoms with Gasteiger partial charge < -0.3 is 10.3 Å². The van der Waals surface area contributed by atoms with Crippen molar-refractivity contribution in [3.63, 3.8) is 0 Å². The number of anilines is 1. The summed E-state index contributed by atoms with van der Waals surface area (Å²) in [5.74, 6) is 0.681. The van der Waals surface area contributed by atoms with Gasteiger partial charge in [0, 0.05) is 25.0 Å². The van der Waals surface area contributed by atoms with Crippen LogP contribution in [0.5, 0.6) is 0 Å². The van der Waals surface area contributed by atoms with Crippen LogP contribution in [-0.4, -0.2) is 19.1 Å². The highest BCUT2D eigenvalue weighted by molar-refractivity contribution is 7.98. The largest absolute Gasteiger partial charge is 0.399 e. The summed E-state index contributed by atoms with van der Waals surface area (Å²) in [6, 6.07) is 17.8. The Morgan fingerprint density at radius 3 is 2.48 bits per heavy atom. The van der Waals surface area contributed by atoms with Crippen molar-refractivity contribution in [3.05, 3.63) is 86.6 Å². The Hall–Kier alpha value is -3.26. The summed E-state index contributed by atoms with van der Waals surface area (Å²) in [5, 5.41) is 0.708. The van der Waals surface area contributed by atoms with Gasteiger partial charge in [0.1, 0.15) is 0 Å². The molecule has 0 spiro atoms. The van der Waals surface area contributed by atoms with Crippen LogP contribution in [0.15, 0.2) is 69.3 Å². The number of thioether (sulfide) groups is 1. The topological polar surface area (TPSA) is 98.7 Å². The highest BCUT2D eigenvalue weighted by atomic mass is 32.2. The first-order valence-electron chi connectivity index (χ1n) is 9.23. The number of hydrogen-bond acceptors (Lipinski definition) is 5. The number of rotatable bonds is 6. The lowest BCUT2D eigenvalue weighted by atomic mass is 10.1. The molecule has 0 amide bonds. The second kappa shape index (κ2) is 8.00. The standard InChI is InChI=1S/C21H21N5O2S/c1-25-18-17(19(27)24-20(25)28)26(12-11-14-5-3-2-4-6-14)21(23-18)29-13-15-7-9-16(22)10-8-15/h2-10H,11-13,22H2,1H3,(H,24,27,28). The van der Waals surface area contributed by atoms with E-state index in [1.807, 2.05) is 47.0 Å². The molecule has 0 saturated carbocycles. The Bertz CT molecular complexity index is 1260. The van der Waals surface area contributed by atoms with E-state index in [4.69, 9.17) is 5.73 Å². The van der Waals surface area contributed by atoms with Crippen molar-refractivity contribution in [1.29, 1.82) is 0 Å². The minimum atomic E-state index is -0.467. The summed E-state index contributed by atoms with van der Waals surface area (Å²) in [6.07, 6.45) is 0.754. The van der Waals surface area contributed by atoms with Crippen molar-refractivity contribution < 1.29 is 0 Å². The normalized spacial score (nSPS) is 11.2. The Morgan fingerprint density at radius 2 is 1.76 bits per heavy atom. The zero-order valence-electron chi connectivity index (χ0n) is 16.0. The van der Waals surface area contributed by atoms with Gasteiger partial charge >= 0.3 is 5.69 Å². The number of benzene rings is 2. The molecule has 29 heavy (non-hydrogen) atoms. The molecule has 3 N–H and O–H groups in total. The van der Waals surface area contributed by atoms with E-state index in [0.717, 1.165) is 17.7 Å². The number of H-pyrrole nitrogens is 1. The van der Waals surface area contributed by atoms with Crippen LogP contribution in [0.1, 0.15) is 11.1 Å². The lowest BCUT2D eigenvalue weighted by Crippen LogP contribution is -2.29. The molecule has 0 radical (unpaired) electrons. The van der Waals surface area contributed by atoms with Crippen LogP contribution < -0.4 is 17.0 Å². The summed E-state index contributed by atoms with van der Waals surface area (Å²) in [4.78, 5) is 31.6. The summed E-state index contributed by atoms with van der Waals surface area (Å²) in [5.41, 5.74) is 8.69. The molecule has 8 heteroatoms. The van der Waals surface area contributed by atoms with E-state index < -0.39 is 11.2 Å². The molecule has 0 unspecified atom stereocenters. The number of nitrogen functional groups attached to an aromatic ring is 1. The molecule has 2 heterocycles. The molecule has 0 atom stereocenters. The van der Waals surface area contributed by atoms with Crippen molar-refractivity contribution in [1.82, 2.24) is 19.1 Å². The molecule has 148 valence electrons. The molecule has 0 saturated heterocycles. The SMILES string of the molecule is Cn1c(=O)[nH]c(=O)c2c1nc(SCc1ccc(N)cc1)n2CCc1ccccc1. The number of nitrogens with zero attached hydrogens (tertiary/aromatic N) is 3. The molecule has 0 aliphatic heterocycles. The molecule has 0 aliphatic carbocycles. The first kappa shape index (κ1) is 19.1. The van der Waals surface area contributed by atoms with Crippen LogP contribution >= 0.6 is 11.8 Å². The smallest absolute Gasteiger partial charge is 0.329 e. The number of aromatic nitrogens is 4. The fourth-order valence-corrected chi connectivity index (χ4v) is 4.16. The second-order valence-corrected chi connectivity index (χ2v) is 7.74. The maximum absolute atomic E-state index is 12.6. The van der Waals surface area contributed by atoms with Crippen molar-refractivity contribution in [2.75, 3.05) is 5.73 Å². The van der Waals surface area contributed by atoms with Crippen molar-refractivity contribution in [2.24, 2.45) is 7.05 Å². The van der Waals surface area contributed by atoms with E-state index >= 15 is 0 Å². The molecular formula is C21H21N5O2S. The molecule has 2 aromatic carbocycles. The monoisotopic (exact) mass is 407 g/mol. The Morgan fingerprint density at radius 1 is 1.03 bits per heavy atom. The van der Waals surface area contributed by atoms with Gasteiger partial charge in [0.25, 0.3) is 5.56 Å². The lowest BCUT2D eigenvalue weighted by Gasteiger charge is -2.09. The van der Waals surface area contributed by atoms with Gasteiger partial charge in [0.2, 0.25) is 0 Å². The molecule has 0 bridgehead atoms. The van der Waals surface area contributed by atoms with Crippen LogP contribution in [0.4, 0.5) is 5.69 Å². The van der Waals surface area contributed by atoms with Crippen LogP contribution in [0.2, 0.25) is 0 Å². The van der Waals surface area contributed by atoms with Gasteiger partial charge in [0.15, 0.2) is 16.3 Å². The molecule has 4 rings (SSSR count). The van der Waals surface area contributed by atoms with Gasteiger partial charge in [-0.3, -0.25) is 14.3 Å². The van der Waals surface area contributed by atoms with E-state index in [0.29, 0.717) is 28.6 Å². The highest BCUT2D eigenvalue weighted by Gasteiger charge is 2.17. The van der Waals surface area contributed by atoms with Crippen LogP contribution in [-0.2, 0) is 25.8 Å². The number of hydrogen-bond donors (Lipinski definition) is 2. The Kier molecular flexibility index (Phi) is 5.26. The number of fused-ring (bicyclic) bond motifs is 1. The van der Waals surface area contributed by atoms with Gasteiger partial charge in [-0.25, -0.2) is 9.78 Å². The highest BCUT2D eigenvalue weighted by Crippen LogP contribution is 2.25. The Labute approximate surface area is 171 Å². The average molecular weight is 407 g/mol. The van der Waals surface area contributed by atoms with Gasteiger partial charge in [-0.15, -0.1) is 0 Å². The first-order chi connectivity index (χ1) is 14.0. The Balaban J connectivity index is 1.72. The molecule has 7 nitrogen and oxygen atoms in total. The minimum Gasteiger partial charge on any atom is -0.399 e. The fraction of sp³-hybridized carbons (Fsp3) is 0.190. The summed E-state index contributed by atoms with van der Waals surface area (Å²) in [7, 11) is 1.61. The van der Waals surface area contributed by atoms with Crippen molar-refractivity contribution >= 4 is 28.6 Å². The summed E-state index contributed by atoms with van der Waals surface area (Å²) in [6.45, 7) is 0.589. The quantitative estimate of drug-likeness (QED) is 0.378. The fourth-order valence-electron chi connectivity index (χ4n) is 3.18. The van der Waals surface area contributed by atoms with Gasteiger partial charge in [0.05, 0.1) is 0 Å². The number of aromatic amines is 1. The van der Waals surface area contributed by atoms with Gasteiger partial charge in [-0.05, 0) is 29.7 Å². The molecule has 0 aliphatic rings. The number of nitrogens with two attached hydrogens (primary N) is 1. The van der Waals surface area contributed by atoms with E-state index in [-0.39, 0.29) is 0 Å². The summed E-state index contributed by atoms with van der Waals surface area (Å²) < 4.78 is 3.28. The van der Waals surface area contributed by atoms with Gasteiger partial charge in [-0.1, -0.05) is 54.2 Å². The zero-order chi connectivity index (χ0) is 20.4. The van der Waals surface area contributed by atoms with Crippen molar-refractivity contribution in [3.8, 4) is 0 Å². The third kappa shape index (κ3) is 3.97. The summed E-state index contributed by atoms with van der Waals surface area (Å²) >= 11 is 1.53. The lowest BCUT2D eigenvalue weighted by molar-refractivity contribution is 0.650. The van der Waals surface area contributed by atoms with Crippen LogP contribution in [0.25, 0.3) is 11.2 Å². The van der Waals surface area contributed by atoms with Gasteiger partial charge in [-0.2, -0.15) is 0 Å². The van der Waals surface area contributed by atoms with Crippen LogP contribution in [0.3, 0.4) is 0 Å². The maximum atomic E-state index is 12.6. The van der Waals surface area contributed by atoms with E-state index in [1.165, 1.54) is 21.9 Å². The van der Waals surface area contributed by atoms with E-state index in [1.54, 1.807) is 7.05 Å². The third-order valence-corrected chi connectivity index (χ3v) is 5.83. The predicted molar refractivity (Wildman–Crippen MR) is 116 cm³/mol. The third-order valence-electron chi connectivity index (χ3n) is 4.79. The second-order valence-electron chi connectivity index (χ2n) is 6.80. The molecule has 0 fully saturated rings. The minimum absolute atomic E-state index is 0.395. The van der Waals surface area contributed by atoms with Crippen molar-refractivity contribution in [2.45, 2.75) is 23.9 Å². The van der Waals surface area contributed by atoms with E-state index in [2.05, 4.69) is 22.1 Å². The first-order valence-corrected chi connectivity index (χ1v) is 10.2. The zero-order valence-corrected chi connectivity index (χ0v) is 16.8.